The van der Waals surface area contributed by atoms with E-state index in [9.17, 15) is 4.79 Å². The maximum absolute atomic E-state index is 11.4. The van der Waals surface area contributed by atoms with Crippen LogP contribution in [0.15, 0.2) is 30.3 Å². The van der Waals surface area contributed by atoms with E-state index < -0.39 is 0 Å². The van der Waals surface area contributed by atoms with Gasteiger partial charge in [0.25, 0.3) is 0 Å². The van der Waals surface area contributed by atoms with Crippen LogP contribution in [0.25, 0.3) is 10.8 Å². The second kappa shape index (κ2) is 3.50. The highest BCUT2D eigenvalue weighted by molar-refractivity contribution is 6.00. The molecule has 2 rings (SSSR count). The van der Waals surface area contributed by atoms with Crippen LogP contribution in [-0.2, 0) is 0 Å². The lowest BCUT2D eigenvalue weighted by Gasteiger charge is -2.07. The highest BCUT2D eigenvalue weighted by Crippen LogP contribution is 2.22. The smallest absolute Gasteiger partial charge is 0.160 e. The maximum atomic E-state index is 11.4. The second-order valence-corrected chi connectivity index (χ2v) is 4.02. The molecule has 0 aliphatic rings. The molecule has 0 bridgehead atoms. The van der Waals surface area contributed by atoms with Gasteiger partial charge in [0, 0.05) is 5.56 Å². The van der Waals surface area contributed by atoms with E-state index >= 15 is 0 Å². The Hall–Kier alpha value is -1.63. The minimum Gasteiger partial charge on any atom is -0.295 e. The predicted molar refractivity (Wildman–Crippen MR) is 63.4 cm³/mol. The molecule has 0 spiro atoms. The Balaban J connectivity index is 2.83. The largest absolute Gasteiger partial charge is 0.295 e. The Morgan fingerprint density at radius 1 is 1.07 bits per heavy atom. The standard InChI is InChI=1S/C14H14O/c1-9-5-4-6-12-7-10(2)13(11(3)15)8-14(9)12/h4-8H,1-3H3. The fraction of sp³-hybridized carbons (Fsp3) is 0.214. The lowest BCUT2D eigenvalue weighted by atomic mass is 9.97. The van der Waals surface area contributed by atoms with Crippen molar-refractivity contribution in [1.82, 2.24) is 0 Å². The van der Waals surface area contributed by atoms with Crippen molar-refractivity contribution < 1.29 is 4.79 Å². The number of hydrogen-bond donors (Lipinski definition) is 0. The summed E-state index contributed by atoms with van der Waals surface area (Å²) in [6.45, 7) is 5.67. The van der Waals surface area contributed by atoms with E-state index in [0.717, 1.165) is 11.1 Å². The molecular formula is C14H14O. The van der Waals surface area contributed by atoms with Gasteiger partial charge in [0.05, 0.1) is 0 Å². The van der Waals surface area contributed by atoms with Gasteiger partial charge in [-0.25, -0.2) is 0 Å². The maximum Gasteiger partial charge on any atom is 0.160 e. The number of aryl methyl sites for hydroxylation is 2. The van der Waals surface area contributed by atoms with Crippen molar-refractivity contribution in [3.05, 3.63) is 47.0 Å². The lowest BCUT2D eigenvalue weighted by Crippen LogP contribution is -1.96. The summed E-state index contributed by atoms with van der Waals surface area (Å²) in [5.41, 5.74) is 3.10. The number of Topliss-reactive ketones (excluding diaryl/α,β-unsaturated/α-hetero) is 1. The van der Waals surface area contributed by atoms with Crippen LogP contribution in [0, 0.1) is 13.8 Å². The zero-order valence-corrected chi connectivity index (χ0v) is 9.29. The van der Waals surface area contributed by atoms with Crippen LogP contribution in [0.5, 0.6) is 0 Å². The summed E-state index contributed by atoms with van der Waals surface area (Å²) in [6.07, 6.45) is 0. The van der Waals surface area contributed by atoms with E-state index in [1.807, 2.05) is 19.1 Å². The van der Waals surface area contributed by atoms with Crippen molar-refractivity contribution in [2.24, 2.45) is 0 Å². The molecule has 1 heteroatoms. The van der Waals surface area contributed by atoms with Crippen LogP contribution in [0.1, 0.15) is 28.4 Å². The Morgan fingerprint density at radius 3 is 2.47 bits per heavy atom. The minimum absolute atomic E-state index is 0.137. The molecule has 0 aromatic heterocycles. The van der Waals surface area contributed by atoms with Gasteiger partial charge in [-0.15, -0.1) is 0 Å². The van der Waals surface area contributed by atoms with Crippen LogP contribution in [0.2, 0.25) is 0 Å². The first kappa shape index (κ1) is 9.91. The van der Waals surface area contributed by atoms with Gasteiger partial charge in [-0.2, -0.15) is 0 Å². The first-order valence-corrected chi connectivity index (χ1v) is 5.10. The highest BCUT2D eigenvalue weighted by atomic mass is 16.1. The number of carbonyl (C=O) groups excluding carboxylic acids is 1. The number of ketones is 1. The fourth-order valence-corrected chi connectivity index (χ4v) is 1.97. The van der Waals surface area contributed by atoms with E-state index in [1.165, 1.54) is 16.3 Å². The molecular weight excluding hydrogens is 184 g/mol. The van der Waals surface area contributed by atoms with Crippen molar-refractivity contribution in [3.63, 3.8) is 0 Å². The molecule has 15 heavy (non-hydrogen) atoms. The predicted octanol–water partition coefficient (Wildman–Crippen LogP) is 3.66. The van der Waals surface area contributed by atoms with Gasteiger partial charge >= 0.3 is 0 Å². The second-order valence-electron chi connectivity index (χ2n) is 4.02. The van der Waals surface area contributed by atoms with Crippen molar-refractivity contribution >= 4 is 16.6 Å². The fourth-order valence-electron chi connectivity index (χ4n) is 1.97. The summed E-state index contributed by atoms with van der Waals surface area (Å²) in [5.74, 6) is 0.137. The van der Waals surface area contributed by atoms with E-state index in [1.54, 1.807) is 6.92 Å². The van der Waals surface area contributed by atoms with Gasteiger partial charge < -0.3 is 0 Å². The average Bonchev–Trinajstić information content (AvgIpc) is 2.16. The van der Waals surface area contributed by atoms with E-state index in [4.69, 9.17) is 0 Å². The lowest BCUT2D eigenvalue weighted by molar-refractivity contribution is 0.101. The van der Waals surface area contributed by atoms with Gasteiger partial charge in [0.1, 0.15) is 0 Å². The Labute approximate surface area is 89.7 Å². The first-order valence-electron chi connectivity index (χ1n) is 5.10. The molecule has 0 heterocycles. The average molecular weight is 198 g/mol. The van der Waals surface area contributed by atoms with Crippen LogP contribution < -0.4 is 0 Å². The van der Waals surface area contributed by atoms with Gasteiger partial charge in [-0.05, 0) is 48.7 Å². The molecule has 0 N–H and O–H groups in total. The Bertz CT molecular complexity index is 538. The summed E-state index contributed by atoms with van der Waals surface area (Å²) in [5, 5.41) is 2.38. The molecule has 2 aromatic carbocycles. The Morgan fingerprint density at radius 2 is 1.80 bits per heavy atom. The summed E-state index contributed by atoms with van der Waals surface area (Å²) in [4.78, 5) is 11.4. The molecule has 0 unspecified atom stereocenters. The van der Waals surface area contributed by atoms with Gasteiger partial charge in [-0.3, -0.25) is 4.79 Å². The third kappa shape index (κ3) is 1.65. The molecule has 0 fully saturated rings. The van der Waals surface area contributed by atoms with Crippen LogP contribution in [0.4, 0.5) is 0 Å². The number of hydrogen-bond acceptors (Lipinski definition) is 1. The summed E-state index contributed by atoms with van der Waals surface area (Å²) in [6, 6.07) is 10.3. The molecule has 0 aliphatic heterocycles. The molecule has 0 radical (unpaired) electrons. The van der Waals surface area contributed by atoms with Crippen molar-refractivity contribution in [2.45, 2.75) is 20.8 Å². The molecule has 0 amide bonds. The summed E-state index contributed by atoms with van der Waals surface area (Å²) < 4.78 is 0. The number of fused-ring (bicyclic) bond motifs is 1. The molecule has 76 valence electrons. The quantitative estimate of drug-likeness (QED) is 0.639. The minimum atomic E-state index is 0.137. The highest BCUT2D eigenvalue weighted by Gasteiger charge is 2.06. The third-order valence-corrected chi connectivity index (χ3v) is 2.82. The molecule has 2 aromatic rings. The van der Waals surface area contributed by atoms with Crippen molar-refractivity contribution in [1.29, 1.82) is 0 Å². The topological polar surface area (TPSA) is 17.1 Å². The van der Waals surface area contributed by atoms with Crippen LogP contribution in [0.3, 0.4) is 0 Å². The van der Waals surface area contributed by atoms with Crippen LogP contribution >= 0.6 is 0 Å². The summed E-state index contributed by atoms with van der Waals surface area (Å²) in [7, 11) is 0. The number of rotatable bonds is 1. The third-order valence-electron chi connectivity index (χ3n) is 2.82. The SMILES string of the molecule is CC(=O)c1cc2c(C)cccc2cc1C. The van der Waals surface area contributed by atoms with Gasteiger partial charge in [0.15, 0.2) is 5.78 Å². The first-order chi connectivity index (χ1) is 7.09. The molecule has 1 nitrogen and oxygen atoms in total. The monoisotopic (exact) mass is 198 g/mol. The van der Waals surface area contributed by atoms with Crippen molar-refractivity contribution in [2.75, 3.05) is 0 Å². The summed E-state index contributed by atoms with van der Waals surface area (Å²) >= 11 is 0. The van der Waals surface area contributed by atoms with E-state index in [2.05, 4.69) is 25.1 Å². The van der Waals surface area contributed by atoms with Gasteiger partial charge in [0.2, 0.25) is 0 Å². The van der Waals surface area contributed by atoms with Crippen molar-refractivity contribution in [3.8, 4) is 0 Å². The molecule has 0 atom stereocenters. The number of carbonyl (C=O) groups is 1. The zero-order valence-electron chi connectivity index (χ0n) is 9.29. The van der Waals surface area contributed by atoms with E-state index in [-0.39, 0.29) is 5.78 Å². The normalized spacial score (nSPS) is 10.6. The van der Waals surface area contributed by atoms with E-state index in [0.29, 0.717) is 0 Å². The molecule has 0 saturated heterocycles. The van der Waals surface area contributed by atoms with Crippen LogP contribution in [-0.4, -0.2) is 5.78 Å². The Kier molecular flexibility index (Phi) is 2.31. The molecule has 0 aliphatic carbocycles. The van der Waals surface area contributed by atoms with Gasteiger partial charge in [-0.1, -0.05) is 24.3 Å². The number of benzene rings is 2. The zero-order chi connectivity index (χ0) is 11.0. The molecule has 0 saturated carbocycles.